The topological polar surface area (TPSA) is 87.8 Å². The number of aromatic nitrogens is 4. The molecule has 2 rings (SSSR count). The van der Waals surface area contributed by atoms with Crippen molar-refractivity contribution in [2.75, 3.05) is 0 Å². The summed E-state index contributed by atoms with van der Waals surface area (Å²) in [4.78, 5) is 4.03. The van der Waals surface area contributed by atoms with Crippen LogP contribution in [0.3, 0.4) is 0 Å². The fourth-order valence-corrected chi connectivity index (χ4v) is 1.08. The molecule has 1 atom stereocenters. The van der Waals surface area contributed by atoms with Gasteiger partial charge in [0, 0.05) is 5.69 Å². The lowest BCUT2D eigenvalue weighted by atomic mass is 10.3. The van der Waals surface area contributed by atoms with Crippen LogP contribution in [0.25, 0.3) is 11.5 Å². The van der Waals surface area contributed by atoms with Crippen molar-refractivity contribution in [3.63, 3.8) is 0 Å². The Kier molecular flexibility index (Phi) is 2.05. The van der Waals surface area contributed by atoms with Crippen molar-refractivity contribution in [2.24, 2.45) is 0 Å². The number of aliphatic hydroxyl groups excluding tert-OH is 1. The minimum absolute atomic E-state index is 0.278. The third kappa shape index (κ3) is 1.39. The Hall–Kier alpha value is -1.69. The molecule has 6 heteroatoms. The molecule has 2 heterocycles. The van der Waals surface area contributed by atoms with E-state index in [4.69, 9.17) is 4.52 Å². The molecule has 0 radical (unpaired) electrons. The van der Waals surface area contributed by atoms with Crippen molar-refractivity contribution in [3.8, 4) is 11.5 Å². The molecule has 14 heavy (non-hydrogen) atoms. The van der Waals surface area contributed by atoms with E-state index in [9.17, 15) is 5.11 Å². The largest absolute Gasteiger partial charge is 0.385 e. The first-order valence-corrected chi connectivity index (χ1v) is 4.20. The summed E-state index contributed by atoms with van der Waals surface area (Å²) in [6, 6.07) is 0. The number of aliphatic hydroxyl groups is 1. The van der Waals surface area contributed by atoms with Gasteiger partial charge in [-0.1, -0.05) is 5.16 Å². The highest BCUT2D eigenvalue weighted by atomic mass is 16.5. The Morgan fingerprint density at radius 3 is 2.86 bits per heavy atom. The number of nitrogens with zero attached hydrogens (tertiary/aromatic N) is 3. The fraction of sp³-hybridized carbons (Fsp3) is 0.375. The molecule has 0 aliphatic rings. The van der Waals surface area contributed by atoms with Gasteiger partial charge >= 0.3 is 0 Å². The van der Waals surface area contributed by atoms with Gasteiger partial charge in [-0.2, -0.15) is 10.1 Å². The second-order valence-corrected chi connectivity index (χ2v) is 3.04. The molecule has 2 aromatic rings. The van der Waals surface area contributed by atoms with E-state index in [1.165, 1.54) is 0 Å². The first-order valence-electron chi connectivity index (χ1n) is 4.20. The van der Waals surface area contributed by atoms with E-state index >= 15 is 0 Å². The first kappa shape index (κ1) is 8.89. The Labute approximate surface area is 80.0 Å². The van der Waals surface area contributed by atoms with E-state index in [0.717, 1.165) is 11.3 Å². The van der Waals surface area contributed by atoms with E-state index in [0.29, 0.717) is 5.89 Å². The van der Waals surface area contributed by atoms with Crippen LogP contribution in [0.1, 0.15) is 24.5 Å². The lowest BCUT2D eigenvalue weighted by Gasteiger charge is -1.91. The predicted octanol–water partition coefficient (Wildman–Crippen LogP) is 0.821. The van der Waals surface area contributed by atoms with Crippen molar-refractivity contribution >= 4 is 0 Å². The van der Waals surface area contributed by atoms with Gasteiger partial charge in [0.05, 0.1) is 11.8 Å². The smallest absolute Gasteiger partial charge is 0.261 e. The van der Waals surface area contributed by atoms with Gasteiger partial charge in [-0.05, 0) is 13.8 Å². The predicted molar refractivity (Wildman–Crippen MR) is 47.3 cm³/mol. The van der Waals surface area contributed by atoms with E-state index in [2.05, 4.69) is 20.3 Å². The van der Waals surface area contributed by atoms with E-state index < -0.39 is 6.10 Å². The second kappa shape index (κ2) is 3.22. The molecule has 0 aromatic carbocycles. The number of hydrogen-bond donors (Lipinski definition) is 2. The molecule has 2 N–H and O–H groups in total. The maximum Gasteiger partial charge on any atom is 0.261 e. The molecule has 0 fully saturated rings. The average molecular weight is 194 g/mol. The molecule has 0 saturated heterocycles. The monoisotopic (exact) mass is 194 g/mol. The summed E-state index contributed by atoms with van der Waals surface area (Å²) in [6.45, 7) is 3.44. The van der Waals surface area contributed by atoms with Crippen LogP contribution in [-0.2, 0) is 0 Å². The standard InChI is InChI=1S/C8H10N4O2/c1-4-6(3-9-11-4)8-10-7(5(2)13)12-14-8/h3,5,13H,1-2H3,(H,9,11). The van der Waals surface area contributed by atoms with E-state index in [1.807, 2.05) is 6.92 Å². The van der Waals surface area contributed by atoms with Gasteiger partial charge in [-0.25, -0.2) is 0 Å². The van der Waals surface area contributed by atoms with Crippen LogP contribution >= 0.6 is 0 Å². The maximum absolute atomic E-state index is 9.20. The fourth-order valence-electron chi connectivity index (χ4n) is 1.08. The van der Waals surface area contributed by atoms with Gasteiger partial charge in [0.15, 0.2) is 5.82 Å². The zero-order valence-electron chi connectivity index (χ0n) is 7.85. The molecule has 0 aliphatic heterocycles. The zero-order chi connectivity index (χ0) is 10.1. The van der Waals surface area contributed by atoms with Crippen molar-refractivity contribution in [3.05, 3.63) is 17.7 Å². The first-order chi connectivity index (χ1) is 6.68. The van der Waals surface area contributed by atoms with Crippen molar-refractivity contribution in [2.45, 2.75) is 20.0 Å². The van der Waals surface area contributed by atoms with Gasteiger partial charge in [0.1, 0.15) is 6.10 Å². The summed E-state index contributed by atoms with van der Waals surface area (Å²) in [5, 5.41) is 19.4. The highest BCUT2D eigenvalue weighted by molar-refractivity contribution is 5.54. The number of aromatic amines is 1. The Bertz CT molecular complexity index is 432. The van der Waals surface area contributed by atoms with Gasteiger partial charge in [-0.3, -0.25) is 5.10 Å². The third-order valence-corrected chi connectivity index (χ3v) is 1.88. The number of H-pyrrole nitrogens is 1. The van der Waals surface area contributed by atoms with E-state index in [1.54, 1.807) is 13.1 Å². The lowest BCUT2D eigenvalue weighted by Crippen LogP contribution is -1.92. The number of aryl methyl sites for hydroxylation is 1. The maximum atomic E-state index is 9.20. The number of nitrogens with one attached hydrogen (secondary N) is 1. The Morgan fingerprint density at radius 2 is 2.36 bits per heavy atom. The summed E-state index contributed by atoms with van der Waals surface area (Å²) in [5.74, 6) is 0.646. The molecule has 6 nitrogen and oxygen atoms in total. The summed E-state index contributed by atoms with van der Waals surface area (Å²) in [6.07, 6.45) is 0.883. The van der Waals surface area contributed by atoms with Crippen LogP contribution in [0.4, 0.5) is 0 Å². The minimum Gasteiger partial charge on any atom is -0.385 e. The molecular formula is C8H10N4O2. The molecule has 74 valence electrons. The summed E-state index contributed by atoms with van der Waals surface area (Å²) >= 11 is 0. The van der Waals surface area contributed by atoms with Gasteiger partial charge in [0.25, 0.3) is 5.89 Å². The zero-order valence-corrected chi connectivity index (χ0v) is 7.85. The number of hydrogen-bond acceptors (Lipinski definition) is 5. The minimum atomic E-state index is -0.722. The van der Waals surface area contributed by atoms with E-state index in [-0.39, 0.29) is 5.82 Å². The van der Waals surface area contributed by atoms with Crippen LogP contribution in [0.5, 0.6) is 0 Å². The molecule has 1 unspecified atom stereocenters. The normalized spacial score (nSPS) is 13.1. The molecule has 0 amide bonds. The summed E-state index contributed by atoms with van der Waals surface area (Å²) in [5.41, 5.74) is 1.61. The van der Waals surface area contributed by atoms with Crippen molar-refractivity contribution < 1.29 is 9.63 Å². The Balaban J connectivity index is 2.39. The van der Waals surface area contributed by atoms with Gasteiger partial charge < -0.3 is 9.63 Å². The van der Waals surface area contributed by atoms with Crippen molar-refractivity contribution in [1.29, 1.82) is 0 Å². The Morgan fingerprint density at radius 1 is 1.57 bits per heavy atom. The molecule has 2 aromatic heterocycles. The van der Waals surface area contributed by atoms with Gasteiger partial charge in [-0.15, -0.1) is 0 Å². The quantitative estimate of drug-likeness (QED) is 0.738. The van der Waals surface area contributed by atoms with Crippen LogP contribution in [0, 0.1) is 6.92 Å². The second-order valence-electron chi connectivity index (χ2n) is 3.04. The molecule has 0 spiro atoms. The molecule has 0 aliphatic carbocycles. The highest BCUT2D eigenvalue weighted by Gasteiger charge is 2.14. The summed E-state index contributed by atoms with van der Waals surface area (Å²) < 4.78 is 4.97. The summed E-state index contributed by atoms with van der Waals surface area (Å²) in [7, 11) is 0. The third-order valence-electron chi connectivity index (χ3n) is 1.88. The van der Waals surface area contributed by atoms with Crippen LogP contribution in [0.2, 0.25) is 0 Å². The van der Waals surface area contributed by atoms with Crippen molar-refractivity contribution in [1.82, 2.24) is 20.3 Å². The lowest BCUT2D eigenvalue weighted by molar-refractivity contribution is 0.184. The number of rotatable bonds is 2. The molecule has 0 saturated carbocycles. The average Bonchev–Trinajstić information content (AvgIpc) is 2.71. The van der Waals surface area contributed by atoms with Crippen LogP contribution in [-0.4, -0.2) is 25.4 Å². The molecular weight excluding hydrogens is 184 g/mol. The highest BCUT2D eigenvalue weighted by Crippen LogP contribution is 2.20. The SMILES string of the molecule is Cc1[nH]ncc1-c1nc(C(C)O)no1. The van der Waals surface area contributed by atoms with Gasteiger partial charge in [0.2, 0.25) is 0 Å². The molecule has 0 bridgehead atoms. The van der Waals surface area contributed by atoms with Crippen LogP contribution in [0.15, 0.2) is 10.7 Å². The van der Waals surface area contributed by atoms with Crippen LogP contribution < -0.4 is 0 Å².